The Balaban J connectivity index is 1.59. The average molecular weight is 453 g/mol. The van der Waals surface area contributed by atoms with E-state index in [1.807, 2.05) is 75.4 Å². The number of hydrogen-bond acceptors (Lipinski definition) is 3. The van der Waals surface area contributed by atoms with Crippen molar-refractivity contribution in [1.29, 1.82) is 0 Å². The number of aryl methyl sites for hydroxylation is 2. The van der Waals surface area contributed by atoms with Gasteiger partial charge in [0.25, 0.3) is 0 Å². The van der Waals surface area contributed by atoms with Crippen molar-refractivity contribution in [3.05, 3.63) is 88.4 Å². The van der Waals surface area contributed by atoms with Crippen molar-refractivity contribution < 1.29 is 9.59 Å². The molecule has 0 spiro atoms. The van der Waals surface area contributed by atoms with Crippen LogP contribution in [0.25, 0.3) is 0 Å². The zero-order valence-electron chi connectivity index (χ0n) is 17.7. The summed E-state index contributed by atoms with van der Waals surface area (Å²) in [6.07, 6.45) is 0.267. The van der Waals surface area contributed by atoms with Crippen LogP contribution in [-0.2, 0) is 16.0 Å². The maximum atomic E-state index is 12.7. The third kappa shape index (κ3) is 6.61. The first-order chi connectivity index (χ1) is 14.8. The molecule has 0 fully saturated rings. The zero-order valence-corrected chi connectivity index (χ0v) is 19.3. The fourth-order valence-corrected chi connectivity index (χ4v) is 4.19. The zero-order chi connectivity index (χ0) is 22.4. The van der Waals surface area contributed by atoms with E-state index in [1.165, 1.54) is 11.8 Å². The molecule has 0 bridgehead atoms. The molecule has 0 heterocycles. The number of rotatable bonds is 7. The van der Waals surface area contributed by atoms with E-state index in [0.717, 1.165) is 27.3 Å². The highest BCUT2D eigenvalue weighted by atomic mass is 35.5. The predicted molar refractivity (Wildman–Crippen MR) is 130 cm³/mol. The molecular formula is C25H25ClN2O2S. The molecule has 3 aromatic carbocycles. The second-order valence-corrected chi connectivity index (χ2v) is 9.25. The van der Waals surface area contributed by atoms with Crippen LogP contribution in [0.3, 0.4) is 0 Å². The van der Waals surface area contributed by atoms with Crippen molar-refractivity contribution in [1.82, 2.24) is 0 Å². The lowest BCUT2D eigenvalue weighted by atomic mass is 10.1. The second kappa shape index (κ2) is 10.5. The van der Waals surface area contributed by atoms with Crippen LogP contribution in [0.2, 0.25) is 5.02 Å². The molecule has 0 saturated heterocycles. The van der Waals surface area contributed by atoms with Gasteiger partial charge in [0.1, 0.15) is 0 Å². The highest BCUT2D eigenvalue weighted by Crippen LogP contribution is 2.28. The maximum absolute atomic E-state index is 12.7. The average Bonchev–Trinajstić information content (AvgIpc) is 2.72. The van der Waals surface area contributed by atoms with Crippen molar-refractivity contribution in [3.8, 4) is 0 Å². The molecule has 0 aliphatic heterocycles. The Bertz CT molecular complexity index is 1060. The minimum atomic E-state index is -0.293. The minimum Gasteiger partial charge on any atom is -0.326 e. The van der Waals surface area contributed by atoms with Gasteiger partial charge < -0.3 is 10.6 Å². The van der Waals surface area contributed by atoms with E-state index in [-0.39, 0.29) is 23.5 Å². The largest absolute Gasteiger partial charge is 0.326 e. The van der Waals surface area contributed by atoms with Gasteiger partial charge in [-0.3, -0.25) is 9.59 Å². The molecule has 31 heavy (non-hydrogen) atoms. The Hall–Kier alpha value is -2.76. The van der Waals surface area contributed by atoms with Crippen LogP contribution in [0.4, 0.5) is 11.4 Å². The van der Waals surface area contributed by atoms with Crippen molar-refractivity contribution in [2.24, 2.45) is 0 Å². The van der Waals surface area contributed by atoms with Gasteiger partial charge in [-0.2, -0.15) is 0 Å². The van der Waals surface area contributed by atoms with Crippen LogP contribution < -0.4 is 10.6 Å². The number of halogens is 1. The molecule has 1 atom stereocenters. The molecule has 1 unspecified atom stereocenters. The van der Waals surface area contributed by atoms with Crippen LogP contribution >= 0.6 is 23.4 Å². The van der Waals surface area contributed by atoms with Crippen LogP contribution in [0, 0.1) is 13.8 Å². The quantitative estimate of drug-likeness (QED) is 0.416. The Morgan fingerprint density at radius 3 is 2.26 bits per heavy atom. The lowest BCUT2D eigenvalue weighted by Gasteiger charge is -2.16. The Kier molecular flexibility index (Phi) is 7.77. The molecule has 4 nitrogen and oxygen atoms in total. The minimum absolute atomic E-state index is 0.0559. The fraction of sp³-hybridized carbons (Fsp3) is 0.200. The monoisotopic (exact) mass is 452 g/mol. The first-order valence-corrected chi connectivity index (χ1v) is 11.3. The van der Waals surface area contributed by atoms with Crippen LogP contribution in [0.5, 0.6) is 0 Å². The Morgan fingerprint density at radius 2 is 1.58 bits per heavy atom. The van der Waals surface area contributed by atoms with Crippen LogP contribution in [-0.4, -0.2) is 17.1 Å². The molecule has 0 aliphatic carbocycles. The highest BCUT2D eigenvalue weighted by molar-refractivity contribution is 8.00. The van der Waals surface area contributed by atoms with Crippen LogP contribution in [0.15, 0.2) is 71.6 Å². The van der Waals surface area contributed by atoms with E-state index >= 15 is 0 Å². The summed E-state index contributed by atoms with van der Waals surface area (Å²) >= 11 is 7.34. The van der Waals surface area contributed by atoms with E-state index in [9.17, 15) is 9.59 Å². The van der Waals surface area contributed by atoms with Gasteiger partial charge in [-0.25, -0.2) is 0 Å². The Morgan fingerprint density at radius 1 is 0.935 bits per heavy atom. The van der Waals surface area contributed by atoms with Gasteiger partial charge in [-0.1, -0.05) is 48.0 Å². The van der Waals surface area contributed by atoms with Crippen molar-refractivity contribution >= 4 is 46.6 Å². The maximum Gasteiger partial charge on any atom is 0.237 e. The van der Waals surface area contributed by atoms with E-state index < -0.39 is 0 Å². The lowest BCUT2D eigenvalue weighted by molar-refractivity contribution is -0.116. The number of amides is 2. The second-order valence-electron chi connectivity index (χ2n) is 7.40. The summed E-state index contributed by atoms with van der Waals surface area (Å²) in [4.78, 5) is 26.0. The summed E-state index contributed by atoms with van der Waals surface area (Å²) in [7, 11) is 0. The SMILES string of the molecule is Cc1cccc(C)c1NC(=O)C(C)Sc1cccc(NC(=O)Cc2ccc(Cl)cc2)c1. The summed E-state index contributed by atoms with van der Waals surface area (Å²) in [6.45, 7) is 5.84. The number of nitrogens with one attached hydrogen (secondary N) is 2. The normalized spacial score (nSPS) is 11.6. The first-order valence-electron chi connectivity index (χ1n) is 10.00. The predicted octanol–water partition coefficient (Wildman–Crippen LogP) is 6.26. The summed E-state index contributed by atoms with van der Waals surface area (Å²) in [5.41, 5.74) is 4.53. The van der Waals surface area contributed by atoms with Gasteiger partial charge in [0.15, 0.2) is 0 Å². The molecule has 2 N–H and O–H groups in total. The van der Waals surface area contributed by atoms with E-state index in [4.69, 9.17) is 11.6 Å². The number of thioether (sulfide) groups is 1. The van der Waals surface area contributed by atoms with Gasteiger partial charge >= 0.3 is 0 Å². The van der Waals surface area contributed by atoms with E-state index in [1.54, 1.807) is 12.1 Å². The third-order valence-electron chi connectivity index (χ3n) is 4.81. The summed E-state index contributed by atoms with van der Waals surface area (Å²) in [6, 6.07) is 20.7. The van der Waals surface area contributed by atoms with Gasteiger partial charge in [0.05, 0.1) is 11.7 Å². The molecule has 0 saturated carbocycles. The number of para-hydroxylation sites is 1. The smallest absolute Gasteiger partial charge is 0.237 e. The summed E-state index contributed by atoms with van der Waals surface area (Å²) in [5, 5.41) is 6.31. The molecular weight excluding hydrogens is 428 g/mol. The molecule has 0 aromatic heterocycles. The fourth-order valence-electron chi connectivity index (χ4n) is 3.13. The molecule has 3 rings (SSSR count). The molecule has 160 valence electrons. The molecule has 0 radical (unpaired) electrons. The number of carbonyl (C=O) groups excluding carboxylic acids is 2. The lowest BCUT2D eigenvalue weighted by Crippen LogP contribution is -2.23. The topological polar surface area (TPSA) is 58.2 Å². The van der Waals surface area contributed by atoms with Crippen molar-refractivity contribution in [2.75, 3.05) is 10.6 Å². The van der Waals surface area contributed by atoms with Crippen LogP contribution in [0.1, 0.15) is 23.6 Å². The first kappa shape index (κ1) is 22.9. The number of benzene rings is 3. The van der Waals surface area contributed by atoms with E-state index in [0.29, 0.717) is 10.7 Å². The van der Waals surface area contributed by atoms with Gasteiger partial charge in [-0.15, -0.1) is 11.8 Å². The number of anilines is 2. The number of carbonyl (C=O) groups is 2. The molecule has 6 heteroatoms. The molecule has 2 amide bonds. The molecule has 0 aliphatic rings. The third-order valence-corrected chi connectivity index (χ3v) is 6.15. The van der Waals surface area contributed by atoms with Crippen molar-refractivity contribution in [2.45, 2.75) is 37.3 Å². The summed E-state index contributed by atoms with van der Waals surface area (Å²) in [5.74, 6) is -0.162. The standard InChI is InChI=1S/C25H25ClN2O2S/c1-16-6-4-7-17(2)24(16)28-25(30)18(3)31-22-9-5-8-21(15-22)27-23(29)14-19-10-12-20(26)13-11-19/h4-13,15,18H,14H2,1-3H3,(H,27,29)(H,28,30). The summed E-state index contributed by atoms with van der Waals surface area (Å²) < 4.78 is 0. The molecule has 3 aromatic rings. The van der Waals surface area contributed by atoms with Gasteiger partial charge in [0, 0.05) is 21.3 Å². The van der Waals surface area contributed by atoms with Gasteiger partial charge in [0.2, 0.25) is 11.8 Å². The highest BCUT2D eigenvalue weighted by Gasteiger charge is 2.16. The van der Waals surface area contributed by atoms with Crippen molar-refractivity contribution in [3.63, 3.8) is 0 Å². The Labute approximate surface area is 192 Å². The van der Waals surface area contributed by atoms with Gasteiger partial charge in [-0.05, 0) is 67.8 Å². The van der Waals surface area contributed by atoms with E-state index in [2.05, 4.69) is 10.6 Å². The number of hydrogen-bond donors (Lipinski definition) is 2.